The molecule has 13 heteroatoms. The topological polar surface area (TPSA) is 197 Å². The Kier molecular flexibility index (Phi) is 5.99. The quantitative estimate of drug-likeness (QED) is 0.311. The number of nitrogens with zero attached hydrogens (tertiary/aromatic N) is 2. The van der Waals surface area contributed by atoms with Gasteiger partial charge in [-0.1, -0.05) is 0 Å². The van der Waals surface area contributed by atoms with E-state index in [0.29, 0.717) is 6.20 Å². The summed E-state index contributed by atoms with van der Waals surface area (Å²) in [6.45, 7) is -0.453. The van der Waals surface area contributed by atoms with Gasteiger partial charge in [-0.15, -0.1) is 0 Å². The van der Waals surface area contributed by atoms with Crippen molar-refractivity contribution < 1.29 is 24.4 Å². The van der Waals surface area contributed by atoms with Gasteiger partial charge in [0.25, 0.3) is 5.56 Å². The second-order valence-electron chi connectivity index (χ2n) is 5.19. The van der Waals surface area contributed by atoms with Crippen LogP contribution >= 0.6 is 0 Å². The summed E-state index contributed by atoms with van der Waals surface area (Å²) in [5.41, 5.74) is 2.92. The van der Waals surface area contributed by atoms with Gasteiger partial charge in [-0.2, -0.15) is 9.37 Å². The molecule has 3 heterocycles. The standard InChI is InChI=1S/C9H13N3O5.C4H3FN2O2/c10-5-1-2-12(9(16)11-5)8-7(15)6(14)4(3-13)17-8;5-2-1-6-4(9)7-3(2)8/h1-2,4,6-8,13-15H,3H2,(H2,10,11,16);1H,(H2,6,7,8,9)/t4-,6-,7+,8-;/m1./s1. The molecule has 4 atom stereocenters. The van der Waals surface area contributed by atoms with E-state index in [2.05, 4.69) is 4.98 Å². The smallest absolute Gasteiger partial charge is 0.351 e. The van der Waals surface area contributed by atoms with E-state index in [-0.39, 0.29) is 5.82 Å². The van der Waals surface area contributed by atoms with E-state index >= 15 is 0 Å². The van der Waals surface area contributed by atoms with Crippen molar-refractivity contribution in [2.24, 2.45) is 0 Å². The third-order valence-electron chi connectivity index (χ3n) is 3.42. The second-order valence-corrected chi connectivity index (χ2v) is 5.19. The number of nitrogen functional groups attached to an aromatic ring is 1. The van der Waals surface area contributed by atoms with E-state index in [1.807, 2.05) is 4.98 Å². The highest BCUT2D eigenvalue weighted by molar-refractivity contribution is 5.23. The third kappa shape index (κ3) is 4.20. The maximum absolute atomic E-state index is 12.0. The van der Waals surface area contributed by atoms with E-state index in [1.54, 1.807) is 4.98 Å². The maximum Gasteiger partial charge on any atom is 0.351 e. The minimum Gasteiger partial charge on any atom is -0.394 e. The first-order valence-electron chi connectivity index (χ1n) is 7.19. The Balaban J connectivity index is 0.000000228. The van der Waals surface area contributed by atoms with Crippen LogP contribution in [-0.4, -0.2) is 59.8 Å². The first kappa shape index (κ1) is 19.5. The summed E-state index contributed by atoms with van der Waals surface area (Å²) in [5.74, 6) is -0.937. The zero-order chi connectivity index (χ0) is 19.4. The first-order chi connectivity index (χ1) is 12.2. The molecule has 1 aliphatic heterocycles. The molecule has 12 nitrogen and oxygen atoms in total. The van der Waals surface area contributed by atoms with Crippen LogP contribution in [0.15, 0.2) is 32.8 Å². The number of aromatic nitrogens is 4. The second kappa shape index (κ2) is 8.01. The van der Waals surface area contributed by atoms with Gasteiger partial charge in [-0.25, -0.2) is 9.59 Å². The number of ether oxygens (including phenoxy) is 1. The molecule has 142 valence electrons. The van der Waals surface area contributed by atoms with Gasteiger partial charge in [0.15, 0.2) is 6.23 Å². The van der Waals surface area contributed by atoms with Crippen LogP contribution in [0.5, 0.6) is 0 Å². The zero-order valence-corrected chi connectivity index (χ0v) is 13.1. The molecule has 2 aromatic rings. The Bertz CT molecular complexity index is 926. The lowest BCUT2D eigenvalue weighted by Crippen LogP contribution is -2.36. The maximum atomic E-state index is 12.0. The van der Waals surface area contributed by atoms with Crippen molar-refractivity contribution in [3.8, 4) is 0 Å². The molecule has 0 amide bonds. The van der Waals surface area contributed by atoms with Gasteiger partial charge in [-0.05, 0) is 6.07 Å². The average molecular weight is 373 g/mol. The summed E-state index contributed by atoms with van der Waals surface area (Å²) in [6.07, 6.45) is -2.56. The molecule has 0 bridgehead atoms. The van der Waals surface area contributed by atoms with Crippen molar-refractivity contribution in [3.63, 3.8) is 0 Å². The van der Waals surface area contributed by atoms with Crippen molar-refractivity contribution in [2.45, 2.75) is 24.5 Å². The fourth-order valence-corrected chi connectivity index (χ4v) is 2.12. The van der Waals surface area contributed by atoms with Gasteiger partial charge >= 0.3 is 11.4 Å². The van der Waals surface area contributed by atoms with E-state index in [4.69, 9.17) is 15.6 Å². The molecular formula is C13H16FN5O7. The molecule has 0 aliphatic carbocycles. The molecule has 0 spiro atoms. The summed E-state index contributed by atoms with van der Waals surface area (Å²) in [7, 11) is 0. The van der Waals surface area contributed by atoms with Gasteiger partial charge in [0, 0.05) is 12.4 Å². The summed E-state index contributed by atoms with van der Waals surface area (Å²) in [5, 5.41) is 28.2. The molecule has 1 saturated heterocycles. The van der Waals surface area contributed by atoms with Gasteiger partial charge in [-0.3, -0.25) is 14.3 Å². The molecule has 0 radical (unpaired) electrons. The zero-order valence-electron chi connectivity index (χ0n) is 13.1. The van der Waals surface area contributed by atoms with Gasteiger partial charge in [0.1, 0.15) is 24.1 Å². The molecule has 0 unspecified atom stereocenters. The highest BCUT2D eigenvalue weighted by atomic mass is 19.1. The number of H-pyrrole nitrogens is 2. The van der Waals surface area contributed by atoms with Crippen LogP contribution < -0.4 is 22.7 Å². The Hall–Kier alpha value is -2.87. The number of hydrogen-bond donors (Lipinski definition) is 6. The minimum atomic E-state index is -1.31. The highest BCUT2D eigenvalue weighted by Crippen LogP contribution is 2.27. The van der Waals surface area contributed by atoms with E-state index in [9.17, 15) is 29.0 Å². The molecular weight excluding hydrogens is 357 g/mol. The summed E-state index contributed by atoms with van der Waals surface area (Å²) in [6, 6.07) is 1.37. The lowest BCUT2D eigenvalue weighted by molar-refractivity contribution is -0.0549. The number of anilines is 1. The van der Waals surface area contributed by atoms with Gasteiger partial charge in [0.05, 0.1) is 6.61 Å². The third-order valence-corrected chi connectivity index (χ3v) is 3.42. The summed E-state index contributed by atoms with van der Waals surface area (Å²) < 4.78 is 18.2. The molecule has 3 rings (SSSR count). The predicted octanol–water partition coefficient (Wildman–Crippen LogP) is -3.36. The van der Waals surface area contributed by atoms with E-state index < -0.39 is 53.9 Å². The largest absolute Gasteiger partial charge is 0.394 e. The van der Waals surface area contributed by atoms with Crippen molar-refractivity contribution in [3.05, 3.63) is 55.6 Å². The first-order valence-corrected chi connectivity index (χ1v) is 7.19. The van der Waals surface area contributed by atoms with Crippen molar-refractivity contribution in [1.29, 1.82) is 0 Å². The Morgan fingerprint density at radius 1 is 1.31 bits per heavy atom. The molecule has 0 aromatic carbocycles. The number of aromatic amines is 2. The number of nitrogens with two attached hydrogens (primary N) is 1. The van der Waals surface area contributed by atoms with Crippen LogP contribution in [0, 0.1) is 5.82 Å². The Morgan fingerprint density at radius 2 is 2.00 bits per heavy atom. The van der Waals surface area contributed by atoms with Gasteiger partial charge < -0.3 is 30.8 Å². The average Bonchev–Trinajstić information content (AvgIpc) is 2.87. The fraction of sp³-hybridized carbons (Fsp3) is 0.385. The van der Waals surface area contributed by atoms with Crippen LogP contribution in [0.1, 0.15) is 6.23 Å². The number of rotatable bonds is 2. The molecule has 0 saturated carbocycles. The Labute approximate surface area is 143 Å². The van der Waals surface area contributed by atoms with Crippen molar-refractivity contribution >= 4 is 5.82 Å². The number of aliphatic hydroxyl groups excluding tert-OH is 3. The molecule has 7 N–H and O–H groups in total. The highest BCUT2D eigenvalue weighted by Gasteiger charge is 2.43. The van der Waals surface area contributed by atoms with E-state index in [0.717, 1.165) is 4.57 Å². The lowest BCUT2D eigenvalue weighted by atomic mass is 10.1. The normalized spacial score (nSPS) is 24.8. The minimum absolute atomic E-state index is 0.0537. The van der Waals surface area contributed by atoms with Crippen LogP contribution in [0.25, 0.3) is 0 Å². The predicted molar refractivity (Wildman–Crippen MR) is 83.6 cm³/mol. The van der Waals surface area contributed by atoms with Crippen LogP contribution in [0.4, 0.5) is 10.2 Å². The molecule has 1 aliphatic rings. The number of nitrogens with one attached hydrogen (secondary N) is 2. The summed E-state index contributed by atoms with van der Waals surface area (Å²) in [4.78, 5) is 39.0. The Morgan fingerprint density at radius 3 is 2.50 bits per heavy atom. The van der Waals surface area contributed by atoms with Crippen molar-refractivity contribution in [1.82, 2.24) is 19.5 Å². The fourth-order valence-electron chi connectivity index (χ4n) is 2.12. The van der Waals surface area contributed by atoms with E-state index in [1.165, 1.54) is 12.3 Å². The number of hydrogen-bond acceptors (Lipinski definition) is 9. The molecule has 2 aromatic heterocycles. The molecule has 1 fully saturated rings. The number of halogens is 1. The summed E-state index contributed by atoms with van der Waals surface area (Å²) >= 11 is 0. The monoisotopic (exact) mass is 373 g/mol. The number of aliphatic hydroxyl groups is 3. The van der Waals surface area contributed by atoms with Crippen LogP contribution in [0.2, 0.25) is 0 Å². The van der Waals surface area contributed by atoms with Gasteiger partial charge in [0.2, 0.25) is 5.82 Å². The van der Waals surface area contributed by atoms with Crippen LogP contribution in [-0.2, 0) is 4.74 Å². The molecule has 26 heavy (non-hydrogen) atoms. The lowest BCUT2D eigenvalue weighted by Gasteiger charge is -2.16. The van der Waals surface area contributed by atoms with Crippen LogP contribution in [0.3, 0.4) is 0 Å². The SMILES string of the molecule is Nc1ccn([C@@H]2O[C@H](CO)[C@@H](O)[C@@H]2O)c(=O)n1.O=c1[nH]cc(F)c(=O)[nH]1. The van der Waals surface area contributed by atoms with Crippen molar-refractivity contribution in [2.75, 3.05) is 12.3 Å².